The highest BCUT2D eigenvalue weighted by Crippen LogP contribution is 2.17. The Morgan fingerprint density at radius 1 is 1.39 bits per heavy atom. The number of rotatable bonds is 5. The van der Waals surface area contributed by atoms with Gasteiger partial charge in [0.1, 0.15) is 5.82 Å². The standard InChI is InChI=1S/C17H26N4O2/c1-14-11-21(8-9-23-14)17(22)13-20-7-5-15(12-20)10-19-16-4-2-3-6-18-16/h2-4,6,14-15H,5,7-13H2,1H3,(H,18,19)/t14-,15+/m0/s1. The van der Waals surface area contributed by atoms with Gasteiger partial charge >= 0.3 is 0 Å². The molecule has 0 radical (unpaired) electrons. The van der Waals surface area contributed by atoms with Crippen molar-refractivity contribution in [3.63, 3.8) is 0 Å². The summed E-state index contributed by atoms with van der Waals surface area (Å²) >= 11 is 0. The summed E-state index contributed by atoms with van der Waals surface area (Å²) < 4.78 is 5.50. The van der Waals surface area contributed by atoms with Crippen LogP contribution in [-0.2, 0) is 9.53 Å². The number of hydrogen-bond donors (Lipinski definition) is 1. The Morgan fingerprint density at radius 3 is 3.09 bits per heavy atom. The average molecular weight is 318 g/mol. The Bertz CT molecular complexity index is 511. The molecule has 6 nitrogen and oxygen atoms in total. The molecule has 0 aromatic carbocycles. The molecule has 0 saturated carbocycles. The van der Waals surface area contributed by atoms with E-state index in [0.717, 1.165) is 45.0 Å². The van der Waals surface area contributed by atoms with Gasteiger partial charge in [-0.2, -0.15) is 0 Å². The zero-order chi connectivity index (χ0) is 16.1. The minimum Gasteiger partial charge on any atom is -0.375 e. The number of carbonyl (C=O) groups excluding carboxylic acids is 1. The molecule has 0 unspecified atom stereocenters. The molecule has 126 valence electrons. The van der Waals surface area contributed by atoms with Crippen LogP contribution in [0.4, 0.5) is 5.82 Å². The maximum absolute atomic E-state index is 12.4. The number of nitrogens with one attached hydrogen (secondary N) is 1. The van der Waals surface area contributed by atoms with Gasteiger partial charge in [0.15, 0.2) is 0 Å². The Labute approximate surface area is 137 Å². The molecule has 6 heteroatoms. The Balaban J connectivity index is 1.40. The first-order chi connectivity index (χ1) is 11.2. The highest BCUT2D eigenvalue weighted by molar-refractivity contribution is 5.78. The van der Waals surface area contributed by atoms with E-state index >= 15 is 0 Å². The lowest BCUT2D eigenvalue weighted by atomic mass is 10.1. The fourth-order valence-corrected chi connectivity index (χ4v) is 3.28. The van der Waals surface area contributed by atoms with E-state index in [1.54, 1.807) is 6.20 Å². The molecular formula is C17H26N4O2. The first-order valence-electron chi connectivity index (χ1n) is 8.47. The molecule has 1 amide bonds. The van der Waals surface area contributed by atoms with E-state index in [2.05, 4.69) is 15.2 Å². The molecule has 2 aliphatic heterocycles. The summed E-state index contributed by atoms with van der Waals surface area (Å²) in [5, 5.41) is 3.38. The lowest BCUT2D eigenvalue weighted by Gasteiger charge is -2.32. The predicted octanol–water partition coefficient (Wildman–Crippen LogP) is 1.06. The Morgan fingerprint density at radius 2 is 2.30 bits per heavy atom. The van der Waals surface area contributed by atoms with Crippen LogP contribution in [0.5, 0.6) is 0 Å². The van der Waals surface area contributed by atoms with Gasteiger partial charge in [0.25, 0.3) is 0 Å². The van der Waals surface area contributed by atoms with E-state index in [1.807, 2.05) is 30.0 Å². The van der Waals surface area contributed by atoms with Gasteiger partial charge in [0.2, 0.25) is 5.91 Å². The summed E-state index contributed by atoms with van der Waals surface area (Å²) in [6.07, 6.45) is 3.08. The Hall–Kier alpha value is -1.66. The summed E-state index contributed by atoms with van der Waals surface area (Å²) in [6, 6.07) is 5.88. The first kappa shape index (κ1) is 16.2. The Kier molecular flexibility index (Phi) is 5.46. The summed E-state index contributed by atoms with van der Waals surface area (Å²) in [7, 11) is 0. The van der Waals surface area contributed by atoms with Crippen molar-refractivity contribution in [3.05, 3.63) is 24.4 Å². The molecule has 23 heavy (non-hydrogen) atoms. The van der Waals surface area contributed by atoms with E-state index in [9.17, 15) is 4.79 Å². The molecule has 1 aromatic rings. The van der Waals surface area contributed by atoms with Gasteiger partial charge in [-0.3, -0.25) is 9.69 Å². The van der Waals surface area contributed by atoms with Crippen LogP contribution in [0.3, 0.4) is 0 Å². The summed E-state index contributed by atoms with van der Waals surface area (Å²) in [5.74, 6) is 1.73. The third kappa shape index (κ3) is 4.65. The molecule has 1 aromatic heterocycles. The summed E-state index contributed by atoms with van der Waals surface area (Å²) in [5.41, 5.74) is 0. The van der Waals surface area contributed by atoms with Crippen molar-refractivity contribution in [2.24, 2.45) is 5.92 Å². The highest BCUT2D eigenvalue weighted by atomic mass is 16.5. The zero-order valence-electron chi connectivity index (χ0n) is 13.8. The van der Waals surface area contributed by atoms with E-state index in [1.165, 1.54) is 0 Å². The van der Waals surface area contributed by atoms with Crippen LogP contribution in [0.25, 0.3) is 0 Å². The number of likely N-dealkylation sites (tertiary alicyclic amines) is 1. The molecular weight excluding hydrogens is 292 g/mol. The van der Waals surface area contributed by atoms with E-state index < -0.39 is 0 Å². The van der Waals surface area contributed by atoms with Crippen molar-refractivity contribution < 1.29 is 9.53 Å². The minimum atomic E-state index is 0.154. The number of morpholine rings is 1. The second-order valence-electron chi connectivity index (χ2n) is 6.51. The number of amides is 1. The number of pyridine rings is 1. The monoisotopic (exact) mass is 318 g/mol. The summed E-state index contributed by atoms with van der Waals surface area (Å²) in [6.45, 7) is 7.55. The number of nitrogens with zero attached hydrogens (tertiary/aromatic N) is 3. The maximum Gasteiger partial charge on any atom is 0.236 e. The van der Waals surface area contributed by atoms with Gasteiger partial charge in [-0.1, -0.05) is 6.07 Å². The maximum atomic E-state index is 12.4. The van der Waals surface area contributed by atoms with E-state index in [4.69, 9.17) is 4.74 Å². The van der Waals surface area contributed by atoms with E-state index in [-0.39, 0.29) is 12.0 Å². The van der Waals surface area contributed by atoms with E-state index in [0.29, 0.717) is 19.1 Å². The van der Waals surface area contributed by atoms with Crippen molar-refractivity contribution in [1.29, 1.82) is 0 Å². The van der Waals surface area contributed by atoms with Crippen molar-refractivity contribution in [1.82, 2.24) is 14.8 Å². The van der Waals surface area contributed by atoms with Gasteiger partial charge in [-0.05, 0) is 37.9 Å². The second-order valence-corrected chi connectivity index (χ2v) is 6.51. The van der Waals surface area contributed by atoms with Gasteiger partial charge in [-0.15, -0.1) is 0 Å². The topological polar surface area (TPSA) is 57.7 Å². The molecule has 3 rings (SSSR count). The quantitative estimate of drug-likeness (QED) is 0.880. The fourth-order valence-electron chi connectivity index (χ4n) is 3.28. The molecule has 0 bridgehead atoms. The molecule has 3 heterocycles. The van der Waals surface area contributed by atoms with Gasteiger partial charge in [0, 0.05) is 32.4 Å². The summed E-state index contributed by atoms with van der Waals surface area (Å²) in [4.78, 5) is 20.9. The van der Waals surface area contributed by atoms with Gasteiger partial charge < -0.3 is 15.0 Å². The molecule has 2 aliphatic rings. The molecule has 0 aliphatic carbocycles. The van der Waals surface area contributed by atoms with Gasteiger partial charge in [0.05, 0.1) is 19.3 Å². The van der Waals surface area contributed by atoms with Crippen LogP contribution in [0, 0.1) is 5.92 Å². The highest BCUT2D eigenvalue weighted by Gasteiger charge is 2.27. The third-order valence-corrected chi connectivity index (χ3v) is 4.56. The fraction of sp³-hybridized carbons (Fsp3) is 0.647. The van der Waals surface area contributed by atoms with Gasteiger partial charge in [-0.25, -0.2) is 4.98 Å². The number of hydrogen-bond acceptors (Lipinski definition) is 5. The lowest BCUT2D eigenvalue weighted by Crippen LogP contribution is -2.48. The largest absolute Gasteiger partial charge is 0.375 e. The molecule has 2 atom stereocenters. The lowest BCUT2D eigenvalue weighted by molar-refractivity contribution is -0.139. The molecule has 1 N–H and O–H groups in total. The van der Waals surface area contributed by atoms with Crippen molar-refractivity contribution >= 4 is 11.7 Å². The first-order valence-corrected chi connectivity index (χ1v) is 8.47. The second kappa shape index (κ2) is 7.75. The van der Waals surface area contributed by atoms with Crippen LogP contribution in [-0.4, -0.2) is 72.7 Å². The van der Waals surface area contributed by atoms with Crippen LogP contribution >= 0.6 is 0 Å². The van der Waals surface area contributed by atoms with Crippen molar-refractivity contribution in [2.45, 2.75) is 19.4 Å². The van der Waals surface area contributed by atoms with Crippen LogP contribution < -0.4 is 5.32 Å². The van der Waals surface area contributed by atoms with Crippen LogP contribution in [0.15, 0.2) is 24.4 Å². The zero-order valence-corrected chi connectivity index (χ0v) is 13.8. The van der Waals surface area contributed by atoms with Crippen LogP contribution in [0.2, 0.25) is 0 Å². The minimum absolute atomic E-state index is 0.154. The van der Waals surface area contributed by atoms with Crippen molar-refractivity contribution in [3.8, 4) is 0 Å². The molecule has 2 saturated heterocycles. The third-order valence-electron chi connectivity index (χ3n) is 4.56. The average Bonchev–Trinajstić information content (AvgIpc) is 3.01. The predicted molar refractivity (Wildman–Crippen MR) is 89.3 cm³/mol. The molecule has 2 fully saturated rings. The van der Waals surface area contributed by atoms with Crippen LogP contribution in [0.1, 0.15) is 13.3 Å². The number of anilines is 1. The smallest absolute Gasteiger partial charge is 0.236 e. The number of carbonyl (C=O) groups is 1. The number of ether oxygens (including phenoxy) is 1. The van der Waals surface area contributed by atoms with Crippen molar-refractivity contribution in [2.75, 3.05) is 51.2 Å². The normalized spacial score (nSPS) is 25.5. The molecule has 0 spiro atoms. The number of aromatic nitrogens is 1. The SMILES string of the molecule is C[C@H]1CN(C(=O)CN2CC[C@H](CNc3ccccn3)C2)CCO1.